The first-order valence-electron chi connectivity index (χ1n) is 12.0. The maximum atomic E-state index is 11.2. The Hall–Kier alpha value is -3.62. The Morgan fingerprint density at radius 2 is 1.62 bits per heavy atom. The number of hydrogen-bond donors (Lipinski definition) is 2. The van der Waals surface area contributed by atoms with Crippen LogP contribution in [0, 0.1) is 0 Å². The van der Waals surface area contributed by atoms with Crippen molar-refractivity contribution in [3.63, 3.8) is 0 Å². The van der Waals surface area contributed by atoms with Crippen LogP contribution in [-0.4, -0.2) is 28.7 Å². The lowest BCUT2D eigenvalue weighted by Crippen LogP contribution is -2.33. The second-order valence-corrected chi connectivity index (χ2v) is 10.7. The average molecular weight is 534 g/mol. The Morgan fingerprint density at radius 1 is 0.973 bits per heavy atom. The number of hydrogen-bond acceptors (Lipinski definition) is 5. The summed E-state index contributed by atoms with van der Waals surface area (Å²) in [6.07, 6.45) is 9.67. The molecule has 0 radical (unpaired) electrons. The molecule has 0 saturated heterocycles. The monoisotopic (exact) mass is 533 g/mol. The number of thiazole rings is 1. The van der Waals surface area contributed by atoms with Crippen molar-refractivity contribution in [2.24, 2.45) is 0 Å². The molecular weight excluding hydrogens is 504 g/mol. The van der Waals surface area contributed by atoms with Crippen LogP contribution < -0.4 is 9.47 Å². The van der Waals surface area contributed by atoms with Crippen molar-refractivity contribution >= 4 is 69.2 Å². The number of aryl methyl sites for hydroxylation is 1. The molecule has 0 atom stereocenters. The normalized spacial score (nSPS) is 15.2. The van der Waals surface area contributed by atoms with Crippen LogP contribution in [0.25, 0.3) is 28.4 Å². The summed E-state index contributed by atoms with van der Waals surface area (Å²) in [7, 11) is 0. The number of aliphatic carboxylic acids is 2. The lowest BCUT2D eigenvalue weighted by molar-refractivity contribution is -0.665. The van der Waals surface area contributed by atoms with Crippen LogP contribution in [0.5, 0.6) is 0 Å². The van der Waals surface area contributed by atoms with E-state index in [4.69, 9.17) is 0 Å². The second kappa shape index (κ2) is 11.2. The molecule has 0 spiro atoms. The van der Waals surface area contributed by atoms with Crippen molar-refractivity contribution in [3.8, 4) is 0 Å². The summed E-state index contributed by atoms with van der Waals surface area (Å²) in [5.74, 6) is -1.83. The number of carboxylic acid groups (broad SMARTS) is 2. The number of carbonyl (C=O) groups is 2. The van der Waals surface area contributed by atoms with Crippen molar-refractivity contribution in [1.29, 1.82) is 0 Å². The predicted molar refractivity (Wildman–Crippen MR) is 153 cm³/mol. The minimum atomic E-state index is -0.914. The lowest BCUT2D eigenvalue weighted by Gasteiger charge is -2.17. The van der Waals surface area contributed by atoms with Crippen molar-refractivity contribution in [2.75, 3.05) is 11.4 Å². The number of carboxylic acids is 2. The highest BCUT2D eigenvalue weighted by atomic mass is 32.2. The fraction of sp³-hybridized carbons (Fsp3) is 0.207. The number of allylic oxidation sites excluding steroid dienone is 2. The number of nitrogens with zero attached hydrogens (tertiary/aromatic N) is 2. The molecular formula is C29H29N2O4S2+. The summed E-state index contributed by atoms with van der Waals surface area (Å²) in [5.41, 5.74) is 4.62. The van der Waals surface area contributed by atoms with Gasteiger partial charge in [-0.25, -0.2) is 9.59 Å². The van der Waals surface area contributed by atoms with E-state index in [2.05, 4.69) is 41.5 Å². The zero-order chi connectivity index (χ0) is 26.7. The van der Waals surface area contributed by atoms with Gasteiger partial charge in [-0.3, -0.25) is 0 Å². The summed E-state index contributed by atoms with van der Waals surface area (Å²) in [6, 6.07) is 12.1. The molecule has 1 aliphatic rings. The lowest BCUT2D eigenvalue weighted by atomic mass is 10.1. The Labute approximate surface area is 224 Å². The van der Waals surface area contributed by atoms with Crippen LogP contribution >= 0.6 is 23.1 Å². The molecule has 37 heavy (non-hydrogen) atoms. The highest BCUT2D eigenvalue weighted by Gasteiger charge is 2.24. The molecule has 0 aliphatic carbocycles. The van der Waals surface area contributed by atoms with Gasteiger partial charge in [-0.05, 0) is 81.3 Å². The number of benzene rings is 2. The minimum absolute atomic E-state index is 0.307. The molecule has 0 saturated carbocycles. The Balaban J connectivity index is 1.61. The minimum Gasteiger partial charge on any atom is -0.478 e. The van der Waals surface area contributed by atoms with Crippen LogP contribution in [-0.2, 0) is 16.1 Å². The maximum absolute atomic E-state index is 11.2. The zero-order valence-corrected chi connectivity index (χ0v) is 22.8. The molecule has 0 bridgehead atoms. The molecule has 8 heteroatoms. The second-order valence-electron chi connectivity index (χ2n) is 8.61. The van der Waals surface area contributed by atoms with Gasteiger partial charge in [0.25, 0.3) is 5.01 Å². The van der Waals surface area contributed by atoms with Crippen LogP contribution in [0.1, 0.15) is 43.8 Å². The molecule has 0 amide bonds. The molecule has 0 unspecified atom stereocenters. The van der Waals surface area contributed by atoms with Gasteiger partial charge in [0, 0.05) is 34.7 Å². The smallest absolute Gasteiger partial charge is 0.331 e. The van der Waals surface area contributed by atoms with Crippen molar-refractivity contribution in [3.05, 3.63) is 80.9 Å². The fourth-order valence-electron chi connectivity index (χ4n) is 4.16. The third kappa shape index (κ3) is 5.70. The van der Waals surface area contributed by atoms with E-state index in [0.717, 1.165) is 55.1 Å². The van der Waals surface area contributed by atoms with Crippen LogP contribution in [0.2, 0.25) is 0 Å². The molecule has 6 nitrogen and oxygen atoms in total. The number of aromatic nitrogens is 1. The largest absolute Gasteiger partial charge is 0.478 e. The highest BCUT2D eigenvalue weighted by molar-refractivity contribution is 8.03. The van der Waals surface area contributed by atoms with Crippen LogP contribution in [0.15, 0.2) is 69.6 Å². The van der Waals surface area contributed by atoms with Crippen LogP contribution in [0.4, 0.5) is 5.69 Å². The van der Waals surface area contributed by atoms with E-state index in [1.165, 1.54) is 0 Å². The quantitative estimate of drug-likeness (QED) is 0.249. The van der Waals surface area contributed by atoms with E-state index in [-0.39, 0.29) is 0 Å². The summed E-state index contributed by atoms with van der Waals surface area (Å²) < 4.78 is 3.36. The molecule has 2 heterocycles. The third-order valence-electron chi connectivity index (χ3n) is 6.06. The molecule has 4 rings (SSSR count). The average Bonchev–Trinajstić information content (AvgIpc) is 3.39. The molecule has 0 fully saturated rings. The van der Waals surface area contributed by atoms with Crippen LogP contribution in [0.3, 0.4) is 0 Å². The van der Waals surface area contributed by atoms with Gasteiger partial charge >= 0.3 is 11.9 Å². The molecule has 2 N–H and O–H groups in total. The first-order chi connectivity index (χ1) is 17.7. The Morgan fingerprint density at radius 3 is 2.24 bits per heavy atom. The van der Waals surface area contributed by atoms with E-state index in [1.54, 1.807) is 49.1 Å². The van der Waals surface area contributed by atoms with E-state index in [0.29, 0.717) is 11.1 Å². The van der Waals surface area contributed by atoms with Gasteiger partial charge < -0.3 is 15.1 Å². The molecule has 1 aliphatic heterocycles. The highest BCUT2D eigenvalue weighted by Crippen LogP contribution is 2.46. The third-order valence-corrected chi connectivity index (χ3v) is 8.29. The Kier molecular flexibility index (Phi) is 8.00. The van der Waals surface area contributed by atoms with Gasteiger partial charge in [0.05, 0.1) is 10.7 Å². The number of thioether (sulfide) groups is 1. The zero-order valence-electron chi connectivity index (χ0n) is 21.2. The van der Waals surface area contributed by atoms with Gasteiger partial charge in [-0.2, -0.15) is 4.57 Å². The summed E-state index contributed by atoms with van der Waals surface area (Å²) in [5, 5.41) is 20.6. The predicted octanol–water partition coefficient (Wildman–Crippen LogP) is 6.67. The van der Waals surface area contributed by atoms with Crippen molar-refractivity contribution < 1.29 is 24.4 Å². The SMILES string of the molecule is CCN1C(=CC=Cc2sc3cc(C=C(C)C(=O)O)ccc3[n+]2CC)Sc2cc(C=C(C)C(=O)O)ccc21. The fourth-order valence-corrected chi connectivity index (χ4v) is 6.53. The first kappa shape index (κ1) is 26.4. The number of rotatable bonds is 8. The maximum Gasteiger partial charge on any atom is 0.331 e. The van der Waals surface area contributed by atoms with E-state index in [1.807, 2.05) is 36.4 Å². The molecule has 3 aromatic rings. The molecule has 2 aromatic carbocycles. The number of fused-ring (bicyclic) bond motifs is 2. The summed E-state index contributed by atoms with van der Waals surface area (Å²) in [6.45, 7) is 9.08. The topological polar surface area (TPSA) is 81.7 Å². The van der Waals surface area contributed by atoms with E-state index in [9.17, 15) is 19.8 Å². The van der Waals surface area contributed by atoms with Crippen molar-refractivity contribution in [1.82, 2.24) is 0 Å². The van der Waals surface area contributed by atoms with Gasteiger partial charge in [-0.15, -0.1) is 0 Å². The summed E-state index contributed by atoms with van der Waals surface area (Å²) in [4.78, 5) is 25.7. The molecule has 1 aromatic heterocycles. The van der Waals surface area contributed by atoms with Gasteiger partial charge in [0.1, 0.15) is 11.2 Å². The van der Waals surface area contributed by atoms with Crippen molar-refractivity contribution in [2.45, 2.75) is 39.1 Å². The summed E-state index contributed by atoms with van der Waals surface area (Å²) >= 11 is 3.36. The van der Waals surface area contributed by atoms with Gasteiger partial charge in [0.15, 0.2) is 0 Å². The standard InChI is InChI=1S/C29H28N2O4S2/c1-5-30-22-12-10-20(14-18(3)28(32)33)16-24(22)36-26(30)8-7-9-27-31(6-2)23-13-11-21(17-25(23)37-27)15-19(4)29(34)35/h7-17H,5-6H2,1-4H3,(H-,32,33,34,35)/p+1. The Bertz CT molecular complexity index is 1510. The number of anilines is 1. The first-order valence-corrected chi connectivity index (χ1v) is 13.6. The molecule has 190 valence electrons. The van der Waals surface area contributed by atoms with E-state index >= 15 is 0 Å². The van der Waals surface area contributed by atoms with Gasteiger partial charge in [-0.1, -0.05) is 35.2 Å². The van der Waals surface area contributed by atoms with Gasteiger partial charge in [0.2, 0.25) is 5.52 Å². The van der Waals surface area contributed by atoms with E-state index < -0.39 is 11.9 Å².